The van der Waals surface area contributed by atoms with Crippen molar-refractivity contribution in [3.8, 4) is 23.3 Å². The van der Waals surface area contributed by atoms with Crippen LogP contribution >= 0.6 is 0 Å². The van der Waals surface area contributed by atoms with Crippen molar-refractivity contribution in [1.82, 2.24) is 9.78 Å². The molecule has 1 heterocycles. The summed E-state index contributed by atoms with van der Waals surface area (Å²) in [6.45, 7) is 0.956. The summed E-state index contributed by atoms with van der Waals surface area (Å²) in [5.74, 6) is 6.83. The summed E-state index contributed by atoms with van der Waals surface area (Å²) in [7, 11) is 1.59. The zero-order valence-electron chi connectivity index (χ0n) is 11.2. The first-order chi connectivity index (χ1) is 9.83. The molecule has 0 aliphatic carbocycles. The van der Waals surface area contributed by atoms with Crippen LogP contribution in [-0.2, 0) is 6.54 Å². The van der Waals surface area contributed by atoms with Crippen molar-refractivity contribution in [2.45, 2.75) is 6.54 Å². The van der Waals surface area contributed by atoms with E-state index in [0.717, 1.165) is 0 Å². The molecule has 1 aromatic heterocycles. The van der Waals surface area contributed by atoms with Gasteiger partial charge in [0.2, 0.25) is 0 Å². The van der Waals surface area contributed by atoms with Crippen LogP contribution in [0, 0.1) is 11.8 Å². The molecule has 5 heteroatoms. The molecule has 0 spiro atoms. The third-order valence-corrected chi connectivity index (χ3v) is 2.63. The highest BCUT2D eigenvalue weighted by Crippen LogP contribution is 2.23. The van der Waals surface area contributed by atoms with E-state index < -0.39 is 0 Å². The van der Waals surface area contributed by atoms with Crippen LogP contribution in [0.3, 0.4) is 0 Å². The highest BCUT2D eigenvalue weighted by Gasteiger charge is 2.04. The molecule has 104 valence electrons. The van der Waals surface area contributed by atoms with Crippen LogP contribution in [0.5, 0.6) is 11.5 Å². The molecule has 1 N–H and O–H groups in total. The number of rotatable bonds is 5. The Balaban J connectivity index is 2.05. The standard InChI is InChI=1S/C15H16N2O3/c1-19-14-5-6-15(13(12-14)4-2-10-18)20-11-9-17-8-3-7-16-17/h3,5-8,12,18H,9-11H2,1H3. The topological polar surface area (TPSA) is 56.5 Å². The second-order valence-corrected chi connectivity index (χ2v) is 3.94. The van der Waals surface area contributed by atoms with Crippen LogP contribution in [0.4, 0.5) is 0 Å². The minimum atomic E-state index is -0.191. The first-order valence-electron chi connectivity index (χ1n) is 6.21. The summed E-state index contributed by atoms with van der Waals surface area (Å²) in [5, 5.41) is 12.9. The molecular weight excluding hydrogens is 256 g/mol. The Bertz CT molecular complexity index is 597. The third kappa shape index (κ3) is 3.77. The number of aliphatic hydroxyl groups is 1. The smallest absolute Gasteiger partial charge is 0.135 e. The second-order valence-electron chi connectivity index (χ2n) is 3.94. The Morgan fingerprint density at radius 3 is 3.00 bits per heavy atom. The Morgan fingerprint density at radius 2 is 2.30 bits per heavy atom. The number of ether oxygens (including phenoxy) is 2. The van der Waals surface area contributed by atoms with Crippen molar-refractivity contribution < 1.29 is 14.6 Å². The molecule has 0 amide bonds. The van der Waals surface area contributed by atoms with Gasteiger partial charge >= 0.3 is 0 Å². The maximum atomic E-state index is 8.79. The number of benzene rings is 1. The fraction of sp³-hybridized carbons (Fsp3) is 0.267. The lowest BCUT2D eigenvalue weighted by Crippen LogP contribution is -2.09. The van der Waals surface area contributed by atoms with Crippen LogP contribution in [0.1, 0.15) is 5.56 Å². The lowest BCUT2D eigenvalue weighted by atomic mass is 10.2. The SMILES string of the molecule is COc1ccc(OCCn2cccn2)c(C#CCO)c1. The molecule has 0 saturated carbocycles. The van der Waals surface area contributed by atoms with Crippen molar-refractivity contribution >= 4 is 0 Å². The van der Waals surface area contributed by atoms with Gasteiger partial charge in [0.05, 0.1) is 19.2 Å². The van der Waals surface area contributed by atoms with E-state index in [1.54, 1.807) is 24.1 Å². The van der Waals surface area contributed by atoms with E-state index in [-0.39, 0.29) is 6.61 Å². The minimum Gasteiger partial charge on any atom is -0.497 e. The Labute approximate surface area is 117 Å². The van der Waals surface area contributed by atoms with E-state index in [9.17, 15) is 0 Å². The number of methoxy groups -OCH3 is 1. The Kier molecular flexibility index (Phi) is 5.04. The lowest BCUT2D eigenvalue weighted by molar-refractivity contribution is 0.290. The molecule has 20 heavy (non-hydrogen) atoms. The van der Waals surface area contributed by atoms with Crippen molar-refractivity contribution in [1.29, 1.82) is 0 Å². The highest BCUT2D eigenvalue weighted by atomic mass is 16.5. The zero-order chi connectivity index (χ0) is 14.2. The Morgan fingerprint density at radius 1 is 1.40 bits per heavy atom. The van der Waals surface area contributed by atoms with Crippen LogP contribution in [-0.4, -0.2) is 35.2 Å². The van der Waals surface area contributed by atoms with Crippen molar-refractivity contribution in [3.05, 3.63) is 42.2 Å². The van der Waals surface area contributed by atoms with Gasteiger partial charge in [0, 0.05) is 12.4 Å². The highest BCUT2D eigenvalue weighted by molar-refractivity contribution is 5.50. The third-order valence-electron chi connectivity index (χ3n) is 2.63. The van der Waals surface area contributed by atoms with E-state index in [2.05, 4.69) is 16.9 Å². The normalized spacial score (nSPS) is 9.70. The first kappa shape index (κ1) is 14.0. The average molecular weight is 272 g/mol. The number of hydrogen-bond donors (Lipinski definition) is 1. The molecule has 2 rings (SSSR count). The number of aromatic nitrogens is 2. The van der Waals surface area contributed by atoms with Crippen LogP contribution in [0.15, 0.2) is 36.7 Å². The Hall–Kier alpha value is -2.45. The van der Waals surface area contributed by atoms with Gasteiger partial charge in [0.25, 0.3) is 0 Å². The van der Waals surface area contributed by atoms with E-state index >= 15 is 0 Å². The van der Waals surface area contributed by atoms with Gasteiger partial charge in [-0.2, -0.15) is 5.10 Å². The fourth-order valence-electron chi connectivity index (χ4n) is 1.68. The molecule has 1 aromatic carbocycles. The van der Waals surface area contributed by atoms with Gasteiger partial charge in [0.1, 0.15) is 24.7 Å². The maximum Gasteiger partial charge on any atom is 0.135 e. The summed E-state index contributed by atoms with van der Waals surface area (Å²) >= 11 is 0. The van der Waals surface area contributed by atoms with Gasteiger partial charge in [-0.05, 0) is 24.3 Å². The van der Waals surface area contributed by atoms with Crippen molar-refractivity contribution in [2.24, 2.45) is 0 Å². The van der Waals surface area contributed by atoms with Gasteiger partial charge < -0.3 is 14.6 Å². The van der Waals surface area contributed by atoms with Gasteiger partial charge in [-0.15, -0.1) is 0 Å². The van der Waals surface area contributed by atoms with E-state index in [1.165, 1.54) is 0 Å². The van der Waals surface area contributed by atoms with Crippen LogP contribution in [0.2, 0.25) is 0 Å². The quantitative estimate of drug-likeness (QED) is 0.834. The second kappa shape index (κ2) is 7.22. The lowest BCUT2D eigenvalue weighted by Gasteiger charge is -2.10. The van der Waals surface area contributed by atoms with Crippen molar-refractivity contribution in [2.75, 3.05) is 20.3 Å². The molecule has 0 unspecified atom stereocenters. The minimum absolute atomic E-state index is 0.191. The molecule has 0 radical (unpaired) electrons. The molecule has 0 saturated heterocycles. The molecule has 0 fully saturated rings. The molecule has 5 nitrogen and oxygen atoms in total. The number of hydrogen-bond acceptors (Lipinski definition) is 4. The number of aliphatic hydroxyl groups excluding tert-OH is 1. The predicted octanol–water partition coefficient (Wildman–Crippen LogP) is 1.31. The average Bonchev–Trinajstić information content (AvgIpc) is 2.99. The summed E-state index contributed by atoms with van der Waals surface area (Å²) in [5.41, 5.74) is 0.693. The largest absolute Gasteiger partial charge is 0.497 e. The molecule has 0 atom stereocenters. The van der Waals surface area contributed by atoms with E-state index in [1.807, 2.05) is 24.4 Å². The van der Waals surface area contributed by atoms with Gasteiger partial charge in [-0.25, -0.2) is 0 Å². The fourth-order valence-corrected chi connectivity index (χ4v) is 1.68. The van der Waals surface area contributed by atoms with E-state index in [4.69, 9.17) is 14.6 Å². The molecule has 0 bridgehead atoms. The molecule has 0 aliphatic rings. The first-order valence-corrected chi connectivity index (χ1v) is 6.21. The maximum absolute atomic E-state index is 8.79. The van der Waals surface area contributed by atoms with Gasteiger partial charge in [0.15, 0.2) is 0 Å². The van der Waals surface area contributed by atoms with Gasteiger partial charge in [-0.1, -0.05) is 11.8 Å². The van der Waals surface area contributed by atoms with Gasteiger partial charge in [-0.3, -0.25) is 4.68 Å². The molecule has 2 aromatic rings. The molecule has 0 aliphatic heterocycles. The number of nitrogens with zero attached hydrogens (tertiary/aromatic N) is 2. The van der Waals surface area contributed by atoms with Crippen LogP contribution in [0.25, 0.3) is 0 Å². The monoisotopic (exact) mass is 272 g/mol. The summed E-state index contributed by atoms with van der Waals surface area (Å²) < 4.78 is 12.7. The zero-order valence-corrected chi connectivity index (χ0v) is 11.2. The summed E-state index contributed by atoms with van der Waals surface area (Å²) in [6.07, 6.45) is 3.61. The van der Waals surface area contributed by atoms with Crippen molar-refractivity contribution in [3.63, 3.8) is 0 Å². The van der Waals surface area contributed by atoms with E-state index in [0.29, 0.717) is 30.2 Å². The summed E-state index contributed by atoms with van der Waals surface area (Å²) in [4.78, 5) is 0. The molecular formula is C15H16N2O3. The summed E-state index contributed by atoms with van der Waals surface area (Å²) in [6, 6.07) is 7.27. The van der Waals surface area contributed by atoms with Crippen LogP contribution < -0.4 is 9.47 Å². The predicted molar refractivity (Wildman–Crippen MR) is 74.7 cm³/mol.